The van der Waals surface area contributed by atoms with Crippen LogP contribution in [0.25, 0.3) is 0 Å². The van der Waals surface area contributed by atoms with E-state index in [4.69, 9.17) is 14.2 Å². The van der Waals surface area contributed by atoms with Crippen molar-refractivity contribution in [1.82, 2.24) is 4.98 Å². The molecule has 1 amide bonds. The van der Waals surface area contributed by atoms with Gasteiger partial charge in [0.2, 0.25) is 5.88 Å². The maximum atomic E-state index is 13.0. The van der Waals surface area contributed by atoms with Gasteiger partial charge in [-0.1, -0.05) is 13.3 Å². The number of pyridine rings is 1. The van der Waals surface area contributed by atoms with E-state index in [1.165, 1.54) is 0 Å². The monoisotopic (exact) mass is 364 g/mol. The summed E-state index contributed by atoms with van der Waals surface area (Å²) in [5.74, 6) is 0.979. The van der Waals surface area contributed by atoms with E-state index in [1.54, 1.807) is 6.20 Å². The van der Waals surface area contributed by atoms with Crippen LogP contribution in [0, 0.1) is 12.8 Å². The normalized spacial score (nSPS) is 22.8. The Morgan fingerprint density at radius 1 is 1.35 bits per heavy atom. The lowest BCUT2D eigenvalue weighted by molar-refractivity contribution is -0.147. The summed E-state index contributed by atoms with van der Waals surface area (Å²) in [6.07, 6.45) is 5.32. The van der Waals surface area contributed by atoms with Crippen molar-refractivity contribution in [3.05, 3.63) is 17.8 Å². The lowest BCUT2D eigenvalue weighted by Gasteiger charge is -2.38. The number of hydrogen-bond donors (Lipinski definition) is 1. The molecule has 0 saturated heterocycles. The number of carbonyl (C=O) groups is 1. The summed E-state index contributed by atoms with van der Waals surface area (Å²) in [7, 11) is 0. The second kappa shape index (κ2) is 9.88. The molecule has 1 aromatic rings. The van der Waals surface area contributed by atoms with Crippen molar-refractivity contribution in [3.8, 4) is 5.88 Å². The van der Waals surface area contributed by atoms with Crippen LogP contribution in [-0.4, -0.2) is 42.9 Å². The first-order valence-electron chi connectivity index (χ1n) is 9.63. The molecule has 6 nitrogen and oxygen atoms in total. The molecule has 1 aliphatic rings. The predicted octanol–water partition coefficient (Wildman–Crippen LogP) is 3.73. The van der Waals surface area contributed by atoms with Crippen LogP contribution in [0.3, 0.4) is 0 Å². The fourth-order valence-electron chi connectivity index (χ4n) is 3.55. The Morgan fingerprint density at radius 3 is 2.81 bits per heavy atom. The summed E-state index contributed by atoms with van der Waals surface area (Å²) in [5.41, 5.74) is 0.816. The quantitative estimate of drug-likeness (QED) is 0.676. The molecule has 0 bridgehead atoms. The lowest BCUT2D eigenvalue weighted by atomic mass is 9.78. The highest BCUT2D eigenvalue weighted by molar-refractivity contribution is 5.97. The molecule has 6 heteroatoms. The second-order valence-corrected chi connectivity index (χ2v) is 6.97. The Kier molecular flexibility index (Phi) is 7.85. The van der Waals surface area contributed by atoms with Crippen LogP contribution in [0.5, 0.6) is 5.88 Å². The number of rotatable bonds is 9. The van der Waals surface area contributed by atoms with Gasteiger partial charge in [0.1, 0.15) is 12.2 Å². The highest BCUT2D eigenvalue weighted by Crippen LogP contribution is 2.36. The average Bonchev–Trinajstić information content (AvgIpc) is 2.60. The molecule has 1 heterocycles. The van der Waals surface area contributed by atoms with E-state index < -0.39 is 5.60 Å². The third-order valence-corrected chi connectivity index (χ3v) is 4.75. The van der Waals surface area contributed by atoms with Gasteiger partial charge in [-0.3, -0.25) is 4.79 Å². The molecule has 0 unspecified atom stereocenters. The van der Waals surface area contributed by atoms with Crippen LogP contribution in [0.15, 0.2) is 12.3 Å². The van der Waals surface area contributed by atoms with Gasteiger partial charge >= 0.3 is 0 Å². The smallest absolute Gasteiger partial charge is 0.256 e. The summed E-state index contributed by atoms with van der Waals surface area (Å²) in [4.78, 5) is 17.3. The molecule has 2 rings (SSSR count). The summed E-state index contributed by atoms with van der Waals surface area (Å²) >= 11 is 0. The minimum absolute atomic E-state index is 0.0721. The molecule has 146 valence electrons. The first kappa shape index (κ1) is 20.6. The molecule has 0 spiro atoms. The molecule has 1 aliphatic carbocycles. The highest BCUT2D eigenvalue weighted by Gasteiger charge is 2.42. The van der Waals surface area contributed by atoms with E-state index >= 15 is 0 Å². The number of hydrogen-bond acceptors (Lipinski definition) is 5. The number of aromatic nitrogens is 1. The second-order valence-electron chi connectivity index (χ2n) is 6.97. The Hall–Kier alpha value is -1.66. The van der Waals surface area contributed by atoms with Crippen LogP contribution in [0.1, 0.15) is 52.0 Å². The molecule has 1 N–H and O–H groups in total. The fourth-order valence-corrected chi connectivity index (χ4v) is 3.55. The van der Waals surface area contributed by atoms with Crippen molar-refractivity contribution in [3.63, 3.8) is 0 Å². The van der Waals surface area contributed by atoms with Crippen molar-refractivity contribution in [2.45, 2.75) is 59.0 Å². The van der Waals surface area contributed by atoms with Crippen molar-refractivity contribution < 1.29 is 19.0 Å². The molecule has 2 atom stereocenters. The molecule has 0 aliphatic heterocycles. The van der Waals surface area contributed by atoms with Gasteiger partial charge in [0, 0.05) is 18.8 Å². The van der Waals surface area contributed by atoms with Crippen molar-refractivity contribution >= 4 is 11.6 Å². The van der Waals surface area contributed by atoms with Gasteiger partial charge in [-0.25, -0.2) is 4.98 Å². The average molecular weight is 364 g/mol. The molecule has 26 heavy (non-hydrogen) atoms. The number of amides is 1. The van der Waals surface area contributed by atoms with Gasteiger partial charge < -0.3 is 19.5 Å². The SMILES string of the molecule is CCOCCOc1ncc(NC(=O)[C@]2(OCC)CCC[C@H](C)C2)cc1C. The lowest BCUT2D eigenvalue weighted by Crippen LogP contribution is -2.48. The van der Waals surface area contributed by atoms with Crippen molar-refractivity contribution in [2.75, 3.05) is 31.7 Å². The first-order valence-corrected chi connectivity index (χ1v) is 9.63. The summed E-state index contributed by atoms with van der Waals surface area (Å²) in [6.45, 7) is 10.2. The van der Waals surface area contributed by atoms with Crippen LogP contribution < -0.4 is 10.1 Å². The van der Waals surface area contributed by atoms with E-state index in [0.717, 1.165) is 31.2 Å². The fraction of sp³-hybridized carbons (Fsp3) is 0.700. The maximum absolute atomic E-state index is 13.0. The number of ether oxygens (including phenoxy) is 3. The third-order valence-electron chi connectivity index (χ3n) is 4.75. The largest absolute Gasteiger partial charge is 0.475 e. The summed E-state index contributed by atoms with van der Waals surface area (Å²) < 4.78 is 16.8. The van der Waals surface area contributed by atoms with E-state index in [1.807, 2.05) is 26.8 Å². The van der Waals surface area contributed by atoms with Crippen LogP contribution in [0.2, 0.25) is 0 Å². The predicted molar refractivity (Wildman–Crippen MR) is 102 cm³/mol. The number of aryl methyl sites for hydroxylation is 1. The van der Waals surface area contributed by atoms with Crippen LogP contribution >= 0.6 is 0 Å². The zero-order valence-corrected chi connectivity index (χ0v) is 16.5. The molecule has 1 saturated carbocycles. The standard InChI is InChI=1S/C20H32N2O4/c1-5-24-10-11-25-18-16(4)12-17(14-21-18)22-19(23)20(26-6-2)9-7-8-15(3)13-20/h12,14-15H,5-11,13H2,1-4H3,(H,22,23)/t15-,20-/m0/s1. The highest BCUT2D eigenvalue weighted by atomic mass is 16.5. The Bertz CT molecular complexity index is 589. The number of carbonyl (C=O) groups excluding carboxylic acids is 1. The Morgan fingerprint density at radius 2 is 2.15 bits per heavy atom. The van der Waals surface area contributed by atoms with Gasteiger partial charge in [-0.05, 0) is 52.0 Å². The number of nitrogens with one attached hydrogen (secondary N) is 1. The van der Waals surface area contributed by atoms with Crippen LogP contribution in [-0.2, 0) is 14.3 Å². The zero-order chi connectivity index (χ0) is 19.0. The first-order chi connectivity index (χ1) is 12.5. The Balaban J connectivity index is 2.02. The van der Waals surface area contributed by atoms with Crippen LogP contribution in [0.4, 0.5) is 5.69 Å². The van der Waals surface area contributed by atoms with Gasteiger partial charge in [-0.2, -0.15) is 0 Å². The molecule has 0 radical (unpaired) electrons. The molecule has 1 fully saturated rings. The Labute approximate surface area is 156 Å². The topological polar surface area (TPSA) is 69.7 Å². The van der Waals surface area contributed by atoms with Gasteiger partial charge in [-0.15, -0.1) is 0 Å². The third kappa shape index (κ3) is 5.42. The van der Waals surface area contributed by atoms with E-state index in [2.05, 4.69) is 17.2 Å². The summed E-state index contributed by atoms with van der Waals surface area (Å²) in [5, 5.41) is 3.00. The van der Waals surface area contributed by atoms with Gasteiger partial charge in [0.05, 0.1) is 18.5 Å². The van der Waals surface area contributed by atoms with Crippen molar-refractivity contribution in [2.24, 2.45) is 5.92 Å². The van der Waals surface area contributed by atoms with Gasteiger partial charge in [0.25, 0.3) is 5.91 Å². The number of nitrogens with zero attached hydrogens (tertiary/aromatic N) is 1. The van der Waals surface area contributed by atoms with Crippen molar-refractivity contribution in [1.29, 1.82) is 0 Å². The molecular weight excluding hydrogens is 332 g/mol. The molecule has 1 aromatic heterocycles. The summed E-state index contributed by atoms with van der Waals surface area (Å²) in [6, 6.07) is 1.88. The zero-order valence-electron chi connectivity index (χ0n) is 16.5. The molecule has 0 aromatic carbocycles. The maximum Gasteiger partial charge on any atom is 0.256 e. The van der Waals surface area contributed by atoms with E-state index in [-0.39, 0.29) is 5.91 Å². The van der Waals surface area contributed by atoms with E-state index in [0.29, 0.717) is 43.9 Å². The minimum Gasteiger partial charge on any atom is -0.475 e. The molecular formula is C20H32N2O4. The number of anilines is 1. The van der Waals surface area contributed by atoms with E-state index in [9.17, 15) is 4.79 Å². The minimum atomic E-state index is -0.729. The van der Waals surface area contributed by atoms with Gasteiger partial charge in [0.15, 0.2) is 0 Å².